The van der Waals surface area contributed by atoms with E-state index in [1.807, 2.05) is 24.9 Å². The van der Waals surface area contributed by atoms with Gasteiger partial charge in [-0.05, 0) is 26.7 Å². The highest BCUT2D eigenvalue weighted by Crippen LogP contribution is 2.49. The second kappa shape index (κ2) is 7.58. The summed E-state index contributed by atoms with van der Waals surface area (Å²) in [5.74, 6) is 1.88. The smallest absolute Gasteiger partial charge is 0.223 e. The fourth-order valence-corrected chi connectivity index (χ4v) is 5.21. The van der Waals surface area contributed by atoms with Crippen molar-refractivity contribution in [1.82, 2.24) is 19.9 Å². The molecule has 160 valence electrons. The van der Waals surface area contributed by atoms with E-state index in [4.69, 9.17) is 22.1 Å². The number of nitrogens with two attached hydrogens (primary N) is 1. The first-order valence-electron chi connectivity index (χ1n) is 10.1. The van der Waals surface area contributed by atoms with Gasteiger partial charge < -0.3 is 20.3 Å². The summed E-state index contributed by atoms with van der Waals surface area (Å²) < 4.78 is 5.57. The quantitative estimate of drug-likeness (QED) is 0.747. The highest BCUT2D eigenvalue weighted by Gasteiger charge is 2.48. The summed E-state index contributed by atoms with van der Waals surface area (Å²) in [6.45, 7) is 8.32. The third kappa shape index (κ3) is 3.33. The molecule has 0 aliphatic carbocycles. The lowest BCUT2D eigenvalue weighted by atomic mass is 9.75. The number of pyridine rings is 1. The average molecular weight is 431 g/mol. The van der Waals surface area contributed by atoms with Gasteiger partial charge in [0, 0.05) is 54.9 Å². The number of nitrogens with zero attached hydrogens (tertiary/aromatic N) is 5. The topological polar surface area (TPSA) is 97.5 Å². The first-order chi connectivity index (χ1) is 14.3. The summed E-state index contributed by atoms with van der Waals surface area (Å²) in [6, 6.07) is 0. The van der Waals surface area contributed by atoms with Crippen LogP contribution in [0.2, 0.25) is 5.15 Å². The summed E-state index contributed by atoms with van der Waals surface area (Å²) in [4.78, 5) is 29.3. The van der Waals surface area contributed by atoms with Crippen LogP contribution in [0, 0.1) is 13.8 Å². The Morgan fingerprint density at radius 1 is 1.30 bits per heavy atom. The van der Waals surface area contributed by atoms with Crippen LogP contribution in [0.15, 0.2) is 6.20 Å². The summed E-state index contributed by atoms with van der Waals surface area (Å²) in [5.41, 5.74) is 9.63. The Morgan fingerprint density at radius 2 is 2.00 bits per heavy atom. The second-order valence-corrected chi connectivity index (χ2v) is 8.62. The zero-order valence-electron chi connectivity index (χ0n) is 17.8. The number of likely N-dealkylation sites (tertiary alicyclic amines) is 1. The number of halogens is 1. The van der Waals surface area contributed by atoms with Gasteiger partial charge in [-0.3, -0.25) is 9.78 Å². The molecule has 2 aromatic rings. The molecule has 2 aliphatic heterocycles. The Bertz CT molecular complexity index is 1000. The predicted molar refractivity (Wildman–Crippen MR) is 116 cm³/mol. The number of aryl methyl sites for hydroxylation is 1. The van der Waals surface area contributed by atoms with Crippen molar-refractivity contribution in [2.24, 2.45) is 0 Å². The van der Waals surface area contributed by atoms with Gasteiger partial charge in [-0.1, -0.05) is 11.6 Å². The third-order valence-electron chi connectivity index (χ3n) is 6.44. The highest BCUT2D eigenvalue weighted by atomic mass is 35.5. The summed E-state index contributed by atoms with van der Waals surface area (Å²) in [5, 5.41) is 0.405. The van der Waals surface area contributed by atoms with Crippen molar-refractivity contribution in [2.75, 3.05) is 37.4 Å². The minimum atomic E-state index is -0.200. The van der Waals surface area contributed by atoms with Gasteiger partial charge >= 0.3 is 0 Å². The van der Waals surface area contributed by atoms with Gasteiger partial charge in [0.05, 0.1) is 19.3 Å². The second-order valence-electron chi connectivity index (χ2n) is 8.26. The lowest BCUT2D eigenvalue weighted by Gasteiger charge is -2.39. The van der Waals surface area contributed by atoms with E-state index in [9.17, 15) is 4.79 Å². The standard InChI is InChI=1S/C21H27ClN6O2/c1-12-9-24-15(13(2)17(12)30-4)10-28-11-21(5-7-27(8-6-21)14(3)29)16-18(22)25-20(23)26-19(16)28/h9H,5-8,10-11H2,1-4H3,(H2,23,25,26). The van der Waals surface area contributed by atoms with Gasteiger partial charge in [0.2, 0.25) is 11.9 Å². The van der Waals surface area contributed by atoms with Crippen LogP contribution in [0.5, 0.6) is 5.75 Å². The number of amides is 1. The number of anilines is 2. The summed E-state index contributed by atoms with van der Waals surface area (Å²) in [6.07, 6.45) is 3.46. The molecule has 0 saturated carbocycles. The number of hydrogen-bond donors (Lipinski definition) is 1. The predicted octanol–water partition coefficient (Wildman–Crippen LogP) is 2.63. The number of aromatic nitrogens is 3. The van der Waals surface area contributed by atoms with Crippen LogP contribution < -0.4 is 15.4 Å². The van der Waals surface area contributed by atoms with E-state index in [-0.39, 0.29) is 17.3 Å². The van der Waals surface area contributed by atoms with Gasteiger partial charge in [-0.15, -0.1) is 0 Å². The van der Waals surface area contributed by atoms with E-state index in [2.05, 4.69) is 19.9 Å². The average Bonchev–Trinajstić information content (AvgIpc) is 2.98. The third-order valence-corrected chi connectivity index (χ3v) is 6.72. The Hall–Kier alpha value is -2.61. The first-order valence-corrected chi connectivity index (χ1v) is 10.5. The lowest BCUT2D eigenvalue weighted by molar-refractivity contribution is -0.130. The van der Waals surface area contributed by atoms with Crippen LogP contribution in [0.3, 0.4) is 0 Å². The van der Waals surface area contributed by atoms with Crippen molar-refractivity contribution in [2.45, 2.75) is 45.6 Å². The molecule has 2 N–H and O–H groups in total. The molecule has 4 rings (SSSR count). The fourth-order valence-electron chi connectivity index (χ4n) is 4.84. The molecule has 0 aromatic carbocycles. The molecular weight excluding hydrogens is 404 g/mol. The minimum absolute atomic E-state index is 0.103. The van der Waals surface area contributed by atoms with E-state index in [0.717, 1.165) is 53.3 Å². The Morgan fingerprint density at radius 3 is 2.63 bits per heavy atom. The molecule has 2 aromatic heterocycles. The molecule has 0 radical (unpaired) electrons. The number of carbonyl (C=O) groups is 1. The molecule has 30 heavy (non-hydrogen) atoms. The van der Waals surface area contributed by atoms with Gasteiger partial charge in [0.25, 0.3) is 0 Å². The number of hydrogen-bond acceptors (Lipinski definition) is 7. The van der Waals surface area contributed by atoms with Crippen molar-refractivity contribution in [3.63, 3.8) is 0 Å². The SMILES string of the molecule is COc1c(C)cnc(CN2CC3(CCN(C(C)=O)CC3)c3c(Cl)nc(N)nc32)c1C. The van der Waals surface area contributed by atoms with E-state index >= 15 is 0 Å². The molecule has 1 fully saturated rings. The van der Waals surface area contributed by atoms with Crippen LogP contribution in [0.1, 0.15) is 42.1 Å². The Balaban J connectivity index is 1.71. The zero-order chi connectivity index (χ0) is 21.6. The van der Waals surface area contributed by atoms with Gasteiger partial charge in [-0.25, -0.2) is 4.98 Å². The number of rotatable bonds is 3. The molecule has 8 nitrogen and oxygen atoms in total. The molecule has 4 heterocycles. The maximum absolute atomic E-state index is 11.8. The molecule has 0 unspecified atom stereocenters. The minimum Gasteiger partial charge on any atom is -0.496 e. The fraction of sp³-hybridized carbons (Fsp3) is 0.524. The highest BCUT2D eigenvalue weighted by molar-refractivity contribution is 6.30. The van der Waals surface area contributed by atoms with E-state index in [1.54, 1.807) is 14.0 Å². The molecule has 2 aliphatic rings. The van der Waals surface area contributed by atoms with Crippen LogP contribution >= 0.6 is 11.6 Å². The van der Waals surface area contributed by atoms with E-state index in [1.165, 1.54) is 0 Å². The van der Waals surface area contributed by atoms with Gasteiger partial charge in [0.1, 0.15) is 16.7 Å². The number of piperidine rings is 1. The lowest BCUT2D eigenvalue weighted by Crippen LogP contribution is -2.46. The van der Waals surface area contributed by atoms with Crippen LogP contribution in [-0.4, -0.2) is 52.5 Å². The summed E-state index contributed by atoms with van der Waals surface area (Å²) in [7, 11) is 1.68. The molecule has 0 bridgehead atoms. The number of nitrogen functional groups attached to an aromatic ring is 1. The number of fused-ring (bicyclic) bond motifs is 2. The van der Waals surface area contributed by atoms with Crippen molar-refractivity contribution in [1.29, 1.82) is 0 Å². The first kappa shape index (κ1) is 20.7. The van der Waals surface area contributed by atoms with Gasteiger partial charge in [-0.2, -0.15) is 4.98 Å². The monoisotopic (exact) mass is 430 g/mol. The number of carbonyl (C=O) groups excluding carboxylic acids is 1. The summed E-state index contributed by atoms with van der Waals surface area (Å²) >= 11 is 6.59. The van der Waals surface area contributed by atoms with Crippen molar-refractivity contribution in [3.8, 4) is 5.75 Å². The van der Waals surface area contributed by atoms with E-state index in [0.29, 0.717) is 24.8 Å². The molecule has 1 amide bonds. The van der Waals surface area contributed by atoms with Crippen LogP contribution in [0.4, 0.5) is 11.8 Å². The number of ether oxygens (including phenoxy) is 1. The molecule has 1 saturated heterocycles. The van der Waals surface area contributed by atoms with Gasteiger partial charge in [0.15, 0.2) is 0 Å². The van der Waals surface area contributed by atoms with Crippen LogP contribution in [0.25, 0.3) is 0 Å². The van der Waals surface area contributed by atoms with Crippen molar-refractivity contribution >= 4 is 29.3 Å². The van der Waals surface area contributed by atoms with E-state index < -0.39 is 0 Å². The van der Waals surface area contributed by atoms with Crippen LogP contribution in [-0.2, 0) is 16.8 Å². The zero-order valence-corrected chi connectivity index (χ0v) is 18.6. The maximum Gasteiger partial charge on any atom is 0.223 e. The largest absolute Gasteiger partial charge is 0.496 e. The van der Waals surface area contributed by atoms with Crippen molar-refractivity contribution in [3.05, 3.63) is 33.7 Å². The molecule has 0 atom stereocenters. The number of methoxy groups -OCH3 is 1. The normalized spacial score (nSPS) is 17.4. The van der Waals surface area contributed by atoms with Crippen molar-refractivity contribution < 1.29 is 9.53 Å². The molecular formula is C21H27ClN6O2. The Labute approximate surface area is 181 Å². The Kier molecular flexibility index (Phi) is 5.22. The molecule has 1 spiro atoms. The molecule has 9 heteroatoms. The maximum atomic E-state index is 11.8.